The first-order chi connectivity index (χ1) is 8.78. The van der Waals surface area contributed by atoms with Crippen molar-refractivity contribution in [3.63, 3.8) is 0 Å². The molecule has 2 aromatic carbocycles. The fourth-order valence-corrected chi connectivity index (χ4v) is 2.57. The Morgan fingerprint density at radius 1 is 1.06 bits per heavy atom. The van der Waals surface area contributed by atoms with Crippen LogP contribution in [0.2, 0.25) is 0 Å². The largest absolute Gasteiger partial charge is 0.497 e. The molecule has 0 atom stereocenters. The Balaban J connectivity index is 2.07. The summed E-state index contributed by atoms with van der Waals surface area (Å²) in [6.45, 7) is 0. The minimum Gasteiger partial charge on any atom is -0.497 e. The van der Waals surface area contributed by atoms with E-state index < -0.39 is 0 Å². The van der Waals surface area contributed by atoms with Crippen molar-refractivity contribution in [1.82, 2.24) is 0 Å². The van der Waals surface area contributed by atoms with Gasteiger partial charge in [-0.2, -0.15) is 0 Å². The summed E-state index contributed by atoms with van der Waals surface area (Å²) in [5.74, 6) is 0.846. The normalized spacial score (nSPS) is 11.3. The van der Waals surface area contributed by atoms with E-state index in [1.807, 2.05) is 60.7 Å². The first-order valence-corrected chi connectivity index (χ1v) is 6.71. The number of benzene rings is 2. The van der Waals surface area contributed by atoms with Crippen LogP contribution in [0.5, 0.6) is 5.75 Å². The molecule has 2 rings (SSSR count). The van der Waals surface area contributed by atoms with Crippen LogP contribution >= 0.6 is 23.4 Å². The van der Waals surface area contributed by atoms with E-state index in [4.69, 9.17) is 16.3 Å². The van der Waals surface area contributed by atoms with Crippen LogP contribution in [0.15, 0.2) is 63.9 Å². The summed E-state index contributed by atoms with van der Waals surface area (Å²) in [6.07, 6.45) is 1.94. The molecule has 0 radical (unpaired) electrons. The van der Waals surface area contributed by atoms with Crippen molar-refractivity contribution in [2.45, 2.75) is 4.90 Å². The lowest BCUT2D eigenvalue weighted by molar-refractivity contribution is 0.415. The number of methoxy groups -OCH3 is 1. The maximum Gasteiger partial charge on any atom is 0.118 e. The smallest absolute Gasteiger partial charge is 0.118 e. The van der Waals surface area contributed by atoms with Gasteiger partial charge in [-0.25, -0.2) is 0 Å². The summed E-state index contributed by atoms with van der Waals surface area (Å²) >= 11 is 7.76. The average Bonchev–Trinajstić information content (AvgIpc) is 2.40. The van der Waals surface area contributed by atoms with Gasteiger partial charge in [0.15, 0.2) is 0 Å². The van der Waals surface area contributed by atoms with Crippen molar-refractivity contribution >= 4 is 29.4 Å². The number of rotatable bonds is 4. The monoisotopic (exact) mass is 276 g/mol. The Morgan fingerprint density at radius 2 is 1.72 bits per heavy atom. The van der Waals surface area contributed by atoms with Crippen LogP contribution in [0.25, 0.3) is 6.08 Å². The standard InChI is InChI=1S/C15H13ClOS/c1-17-13-9-7-12(8-10-13)11-15(16)18-14-5-3-2-4-6-14/h2-11H,1H3/b15-11-. The molecule has 0 amide bonds. The minimum atomic E-state index is 0.742. The number of halogens is 1. The summed E-state index contributed by atoms with van der Waals surface area (Å²) in [5, 5.41) is 0. The second-order valence-corrected chi connectivity index (χ2v) is 5.38. The van der Waals surface area contributed by atoms with Gasteiger partial charge in [0.05, 0.1) is 11.5 Å². The average molecular weight is 277 g/mol. The van der Waals surface area contributed by atoms with E-state index >= 15 is 0 Å². The molecule has 1 nitrogen and oxygen atoms in total. The Morgan fingerprint density at radius 3 is 2.33 bits per heavy atom. The second-order valence-electron chi connectivity index (χ2n) is 3.64. The zero-order chi connectivity index (χ0) is 12.8. The summed E-state index contributed by atoms with van der Waals surface area (Å²) in [4.78, 5) is 1.13. The molecule has 0 aromatic heterocycles. The van der Waals surface area contributed by atoms with Crippen LogP contribution in [-0.4, -0.2) is 7.11 Å². The van der Waals surface area contributed by atoms with Crippen molar-refractivity contribution < 1.29 is 4.74 Å². The van der Waals surface area contributed by atoms with Gasteiger partial charge in [0.2, 0.25) is 0 Å². The molecule has 0 saturated carbocycles. The van der Waals surface area contributed by atoms with Crippen LogP contribution in [0.1, 0.15) is 5.56 Å². The summed E-state index contributed by atoms with van der Waals surface area (Å²) in [6, 6.07) is 17.9. The third-order valence-corrected chi connectivity index (χ3v) is 3.52. The Hall–Kier alpha value is -1.38. The molecule has 0 heterocycles. The van der Waals surface area contributed by atoms with Gasteiger partial charge in [-0.1, -0.05) is 53.7 Å². The first kappa shape index (κ1) is 13.1. The fourth-order valence-electron chi connectivity index (χ4n) is 1.46. The molecule has 0 unspecified atom stereocenters. The molecule has 0 aliphatic heterocycles. The Kier molecular flexibility index (Phi) is 4.73. The van der Waals surface area contributed by atoms with Gasteiger partial charge in [0.25, 0.3) is 0 Å². The van der Waals surface area contributed by atoms with E-state index in [1.165, 1.54) is 0 Å². The molecule has 92 valence electrons. The third kappa shape index (κ3) is 3.83. The van der Waals surface area contributed by atoms with E-state index in [0.717, 1.165) is 20.6 Å². The molecule has 0 fully saturated rings. The van der Waals surface area contributed by atoms with E-state index in [-0.39, 0.29) is 0 Å². The van der Waals surface area contributed by atoms with Gasteiger partial charge >= 0.3 is 0 Å². The molecular formula is C15H13ClOS. The molecular weight excluding hydrogens is 264 g/mol. The second kappa shape index (κ2) is 6.53. The van der Waals surface area contributed by atoms with Crippen molar-refractivity contribution in [2.24, 2.45) is 0 Å². The third-order valence-electron chi connectivity index (χ3n) is 2.35. The highest BCUT2D eigenvalue weighted by atomic mass is 35.5. The minimum absolute atomic E-state index is 0.742. The van der Waals surface area contributed by atoms with E-state index in [0.29, 0.717) is 0 Å². The fraction of sp³-hybridized carbons (Fsp3) is 0.0667. The van der Waals surface area contributed by atoms with E-state index in [2.05, 4.69) is 0 Å². The molecule has 2 aromatic rings. The van der Waals surface area contributed by atoms with Gasteiger partial charge in [-0.05, 0) is 35.9 Å². The van der Waals surface area contributed by atoms with Gasteiger partial charge in [0, 0.05) is 4.90 Å². The molecule has 0 aliphatic carbocycles. The van der Waals surface area contributed by atoms with Gasteiger partial charge < -0.3 is 4.74 Å². The van der Waals surface area contributed by atoms with Crippen molar-refractivity contribution in [1.29, 1.82) is 0 Å². The van der Waals surface area contributed by atoms with Crippen LogP contribution in [0.3, 0.4) is 0 Å². The quantitative estimate of drug-likeness (QED) is 0.725. The highest BCUT2D eigenvalue weighted by Crippen LogP contribution is 2.30. The van der Waals surface area contributed by atoms with Crippen LogP contribution < -0.4 is 4.74 Å². The van der Waals surface area contributed by atoms with Crippen molar-refractivity contribution in [2.75, 3.05) is 7.11 Å². The molecule has 0 saturated heterocycles. The topological polar surface area (TPSA) is 9.23 Å². The van der Waals surface area contributed by atoms with Gasteiger partial charge in [-0.15, -0.1) is 0 Å². The summed E-state index contributed by atoms with van der Waals surface area (Å²) in [7, 11) is 1.66. The lowest BCUT2D eigenvalue weighted by atomic mass is 10.2. The highest BCUT2D eigenvalue weighted by molar-refractivity contribution is 8.04. The number of hydrogen-bond donors (Lipinski definition) is 0. The molecule has 0 spiro atoms. The highest BCUT2D eigenvalue weighted by Gasteiger charge is 1.98. The lowest BCUT2D eigenvalue weighted by Gasteiger charge is -2.01. The van der Waals surface area contributed by atoms with Gasteiger partial charge in [0.1, 0.15) is 5.75 Å². The van der Waals surface area contributed by atoms with Crippen LogP contribution in [-0.2, 0) is 0 Å². The lowest BCUT2D eigenvalue weighted by Crippen LogP contribution is -1.81. The zero-order valence-electron chi connectivity index (χ0n) is 9.97. The number of ether oxygens (including phenoxy) is 1. The molecule has 0 aliphatic rings. The van der Waals surface area contributed by atoms with E-state index in [1.54, 1.807) is 18.9 Å². The SMILES string of the molecule is COc1ccc(/C=C(/Cl)Sc2ccccc2)cc1. The maximum atomic E-state index is 6.22. The molecule has 0 bridgehead atoms. The molecule has 0 N–H and O–H groups in total. The predicted molar refractivity (Wildman–Crippen MR) is 79.1 cm³/mol. The van der Waals surface area contributed by atoms with Crippen molar-refractivity contribution in [3.05, 3.63) is 64.5 Å². The molecule has 3 heteroatoms. The zero-order valence-corrected chi connectivity index (χ0v) is 11.5. The Bertz CT molecular complexity index is 520. The molecule has 18 heavy (non-hydrogen) atoms. The van der Waals surface area contributed by atoms with E-state index in [9.17, 15) is 0 Å². The van der Waals surface area contributed by atoms with Crippen LogP contribution in [0.4, 0.5) is 0 Å². The van der Waals surface area contributed by atoms with Crippen molar-refractivity contribution in [3.8, 4) is 5.75 Å². The Labute approximate surface area is 116 Å². The maximum absolute atomic E-state index is 6.22. The summed E-state index contributed by atoms with van der Waals surface area (Å²) < 4.78 is 5.85. The van der Waals surface area contributed by atoms with Gasteiger partial charge in [-0.3, -0.25) is 0 Å². The van der Waals surface area contributed by atoms with Crippen LogP contribution in [0, 0.1) is 0 Å². The number of thioether (sulfide) groups is 1. The summed E-state index contributed by atoms with van der Waals surface area (Å²) in [5.41, 5.74) is 1.06. The number of hydrogen-bond acceptors (Lipinski definition) is 2. The predicted octanol–water partition coefficient (Wildman–Crippen LogP) is 5.02. The first-order valence-electron chi connectivity index (χ1n) is 5.52.